The Kier molecular flexibility index (Phi) is 10.5. The normalized spacial score (nSPS) is 18.4. The van der Waals surface area contributed by atoms with Crippen LogP contribution in [0, 0.1) is 11.8 Å². The summed E-state index contributed by atoms with van der Waals surface area (Å²) in [6.45, 7) is 8.59. The van der Waals surface area contributed by atoms with Gasteiger partial charge in [-0.3, -0.25) is 14.6 Å². The van der Waals surface area contributed by atoms with E-state index in [9.17, 15) is 9.59 Å². The van der Waals surface area contributed by atoms with Crippen LogP contribution in [0.25, 0.3) is 11.0 Å². The molecule has 0 radical (unpaired) electrons. The van der Waals surface area contributed by atoms with Crippen LogP contribution >= 0.6 is 11.8 Å². The lowest BCUT2D eigenvalue weighted by atomic mass is 10.2. The first-order valence-corrected chi connectivity index (χ1v) is 18.7. The molecule has 242 valence electrons. The van der Waals surface area contributed by atoms with E-state index in [0.29, 0.717) is 48.4 Å². The third-order valence-electron chi connectivity index (χ3n) is 8.30. The number of nitrogens with two attached hydrogens (primary N) is 1. The highest BCUT2D eigenvalue weighted by Gasteiger charge is 2.51. The van der Waals surface area contributed by atoms with Crippen molar-refractivity contribution in [2.75, 3.05) is 24.5 Å². The van der Waals surface area contributed by atoms with Crippen molar-refractivity contribution in [3.05, 3.63) is 82.8 Å². The number of fused-ring (bicyclic) bond motifs is 1. The van der Waals surface area contributed by atoms with Crippen LogP contribution < -0.4 is 21.7 Å². The van der Waals surface area contributed by atoms with Crippen LogP contribution in [0.15, 0.2) is 71.7 Å². The second-order valence-electron chi connectivity index (χ2n) is 12.6. The Balaban J connectivity index is 1.51. The van der Waals surface area contributed by atoms with Crippen LogP contribution in [0.1, 0.15) is 58.7 Å². The summed E-state index contributed by atoms with van der Waals surface area (Å²) in [7, 11) is -2.82. The van der Waals surface area contributed by atoms with Crippen molar-refractivity contribution in [2.45, 2.75) is 70.4 Å². The fraction of sp³-hybridized carbons (Fsp3) is 0.400. The number of hydrogen-bond donors (Lipinski definition) is 2. The summed E-state index contributed by atoms with van der Waals surface area (Å²) in [4.78, 5) is 31.5. The van der Waals surface area contributed by atoms with Crippen molar-refractivity contribution >= 4 is 53.2 Å². The third-order valence-corrected chi connectivity index (χ3v) is 13.7. The molecule has 5 rings (SSSR count). The Bertz CT molecular complexity index is 1740. The van der Waals surface area contributed by atoms with Crippen LogP contribution in [-0.4, -0.2) is 59.6 Å². The second kappa shape index (κ2) is 14.4. The van der Waals surface area contributed by atoms with Gasteiger partial charge in [-0.25, -0.2) is 0 Å². The summed E-state index contributed by atoms with van der Waals surface area (Å²) in [6, 6.07) is 21.0. The van der Waals surface area contributed by atoms with E-state index in [-0.39, 0.29) is 34.5 Å². The highest BCUT2D eigenvalue weighted by atomic mass is 32.2. The average Bonchev–Trinajstić information content (AvgIpc) is 3.60. The van der Waals surface area contributed by atoms with Crippen LogP contribution in [0.3, 0.4) is 0 Å². The molecular formula is C35H42N4O5SSi. The van der Waals surface area contributed by atoms with E-state index < -0.39 is 14.5 Å². The van der Waals surface area contributed by atoms with Crippen molar-refractivity contribution < 1.29 is 18.7 Å². The first kappa shape index (κ1) is 33.7. The zero-order valence-electron chi connectivity index (χ0n) is 27.0. The molecule has 4 aromatic rings. The van der Waals surface area contributed by atoms with Gasteiger partial charge in [0.25, 0.3) is 13.9 Å². The van der Waals surface area contributed by atoms with E-state index in [4.69, 9.17) is 19.6 Å². The number of nitrogens with one attached hydrogen (secondary N) is 1. The van der Waals surface area contributed by atoms with E-state index in [1.165, 1.54) is 17.3 Å². The first-order valence-electron chi connectivity index (χ1n) is 15.4. The van der Waals surface area contributed by atoms with Crippen LogP contribution in [-0.2, 0) is 18.7 Å². The number of nitrogens with zero attached hydrogens (tertiary/aromatic N) is 2. The topological polar surface area (TPSA) is 121 Å². The van der Waals surface area contributed by atoms with Gasteiger partial charge in [-0.05, 0) is 28.6 Å². The molecule has 1 aliphatic rings. The third kappa shape index (κ3) is 7.01. The van der Waals surface area contributed by atoms with Gasteiger partial charge in [-0.2, -0.15) is 4.98 Å². The molecule has 0 amide bonds. The smallest absolute Gasteiger partial charge is 0.263 e. The van der Waals surface area contributed by atoms with Crippen molar-refractivity contribution in [3.8, 4) is 11.8 Å². The number of aromatic nitrogens is 3. The molecule has 3 unspecified atom stereocenters. The fourth-order valence-corrected chi connectivity index (χ4v) is 11.1. The predicted molar refractivity (Wildman–Crippen MR) is 187 cm³/mol. The van der Waals surface area contributed by atoms with Gasteiger partial charge in [0.05, 0.1) is 29.6 Å². The number of hydrogen-bond acceptors (Lipinski definition) is 8. The van der Waals surface area contributed by atoms with Gasteiger partial charge in [0.2, 0.25) is 5.95 Å². The van der Waals surface area contributed by atoms with E-state index in [1.807, 2.05) is 23.0 Å². The molecule has 1 saturated heterocycles. The molecule has 46 heavy (non-hydrogen) atoms. The minimum atomic E-state index is -2.82. The molecule has 1 fully saturated rings. The Morgan fingerprint density at radius 1 is 1.15 bits per heavy atom. The Hall–Kier alpha value is -3.66. The number of thioether (sulfide) groups is 1. The number of rotatable bonds is 11. The second-order valence-corrected chi connectivity index (χ2v) is 17.7. The Morgan fingerprint density at radius 3 is 2.39 bits per heavy atom. The van der Waals surface area contributed by atoms with E-state index >= 15 is 0 Å². The van der Waals surface area contributed by atoms with Crippen molar-refractivity contribution in [3.63, 3.8) is 0 Å². The number of carbonyl (C=O) groups is 1. The average molecular weight is 659 g/mol. The lowest BCUT2D eigenvalue weighted by Gasteiger charge is -2.43. The molecule has 2 aromatic heterocycles. The predicted octanol–water partition coefficient (Wildman–Crippen LogP) is 4.60. The monoisotopic (exact) mass is 658 g/mol. The van der Waals surface area contributed by atoms with Gasteiger partial charge in [0.1, 0.15) is 18.1 Å². The van der Waals surface area contributed by atoms with Gasteiger partial charge in [-0.1, -0.05) is 93.3 Å². The number of H-pyrrole nitrogens is 1. The standard InChI is InChI=1S/C35H42N4O5SSi/c1-24(40)14-12-13-15-25-21-39(32-31(25)33(41)38-34(36)37-32)30-20-28(42-23-45-5)29(44-30)22-43-46(35(2,3)4,26-16-8-6-9-17-26)27-18-10-7-11-19-27/h6-11,16-19,21,28-30H,12,14,20,22-23H2,1-5H3,(H3,36,37,38,41). The molecule has 0 aliphatic carbocycles. The maximum atomic E-state index is 13.0. The lowest BCUT2D eigenvalue weighted by molar-refractivity contribution is -0.116. The Morgan fingerprint density at radius 2 is 1.80 bits per heavy atom. The molecule has 3 atom stereocenters. The maximum Gasteiger partial charge on any atom is 0.263 e. The minimum absolute atomic E-state index is 0.00712. The molecule has 11 heteroatoms. The highest BCUT2D eigenvalue weighted by Crippen LogP contribution is 2.39. The number of ether oxygens (including phenoxy) is 2. The highest BCUT2D eigenvalue weighted by molar-refractivity contribution is 7.98. The van der Waals surface area contributed by atoms with E-state index in [2.05, 4.69) is 91.1 Å². The maximum absolute atomic E-state index is 13.0. The minimum Gasteiger partial charge on any atom is -0.405 e. The summed E-state index contributed by atoms with van der Waals surface area (Å²) >= 11 is 1.60. The van der Waals surface area contributed by atoms with E-state index in [1.54, 1.807) is 18.0 Å². The molecule has 0 saturated carbocycles. The SMILES string of the molecule is CSCOC1CC(n2cc(C#CCCC(C)=O)c3c(=O)[nH]c(N)nc32)OC1CO[Si](c1ccccc1)(c1ccccc1)C(C)(C)C. The van der Waals surface area contributed by atoms with Gasteiger partial charge in [0.15, 0.2) is 5.65 Å². The number of nitrogen functional groups attached to an aromatic ring is 1. The molecular weight excluding hydrogens is 617 g/mol. The molecule has 9 nitrogen and oxygen atoms in total. The van der Waals surface area contributed by atoms with Crippen molar-refractivity contribution in [1.29, 1.82) is 0 Å². The van der Waals surface area contributed by atoms with Crippen LogP contribution in [0.2, 0.25) is 5.04 Å². The van der Waals surface area contributed by atoms with Crippen LogP contribution in [0.4, 0.5) is 5.95 Å². The molecule has 1 aliphatic heterocycles. The van der Waals surface area contributed by atoms with Gasteiger partial charge < -0.3 is 24.2 Å². The van der Waals surface area contributed by atoms with Gasteiger partial charge in [-0.15, -0.1) is 11.8 Å². The fourth-order valence-electron chi connectivity index (χ4n) is 6.20. The number of aromatic amines is 1. The summed E-state index contributed by atoms with van der Waals surface area (Å²) in [6.07, 6.45) is 3.90. The molecule has 3 heterocycles. The molecule has 0 spiro atoms. The Labute approximate surface area is 275 Å². The van der Waals surface area contributed by atoms with Crippen molar-refractivity contribution in [2.24, 2.45) is 0 Å². The molecule has 3 N–H and O–H groups in total. The van der Waals surface area contributed by atoms with Gasteiger partial charge >= 0.3 is 0 Å². The largest absolute Gasteiger partial charge is 0.405 e. The summed E-state index contributed by atoms with van der Waals surface area (Å²) in [5.41, 5.74) is 6.50. The van der Waals surface area contributed by atoms with E-state index in [0.717, 1.165) is 0 Å². The van der Waals surface area contributed by atoms with Crippen molar-refractivity contribution in [1.82, 2.24) is 14.5 Å². The number of anilines is 1. The molecule has 2 aromatic carbocycles. The summed E-state index contributed by atoms with van der Waals surface area (Å²) < 4.78 is 22.1. The number of benzene rings is 2. The number of ketones is 1. The quantitative estimate of drug-likeness (QED) is 0.136. The number of carbonyl (C=O) groups excluding carboxylic acids is 1. The zero-order chi connectivity index (χ0) is 32.9. The molecule has 0 bridgehead atoms. The number of Topliss-reactive ketones (excluding diaryl/α,β-unsaturated/α-hetero) is 1. The summed E-state index contributed by atoms with van der Waals surface area (Å²) in [5, 5.41) is 2.52. The van der Waals surface area contributed by atoms with Crippen LogP contribution in [0.5, 0.6) is 0 Å². The lowest BCUT2D eigenvalue weighted by Crippen LogP contribution is -2.67. The first-order chi connectivity index (χ1) is 22.0. The zero-order valence-corrected chi connectivity index (χ0v) is 28.9. The summed E-state index contributed by atoms with van der Waals surface area (Å²) in [5.74, 6) is 6.66. The van der Waals surface area contributed by atoms with Gasteiger partial charge in [0, 0.05) is 25.5 Å².